The standard InChI is InChI=1S/C14H18F3NO4/c1-9(2)12(7-20-13(18)19)22-11-6-4-3-5-10(11)21-8-14(15,16)17/h3-6,9,12H,7-8H2,1-2H3,(H2,18,19). The van der Waals surface area contributed by atoms with Crippen LogP contribution in [0.3, 0.4) is 0 Å². The number of hydrogen-bond acceptors (Lipinski definition) is 4. The third-order valence-corrected chi connectivity index (χ3v) is 2.65. The van der Waals surface area contributed by atoms with E-state index in [0.29, 0.717) is 0 Å². The lowest BCUT2D eigenvalue weighted by Crippen LogP contribution is -2.31. The summed E-state index contributed by atoms with van der Waals surface area (Å²) in [7, 11) is 0. The van der Waals surface area contributed by atoms with Crippen molar-refractivity contribution in [1.82, 2.24) is 0 Å². The first kappa shape index (κ1) is 17.9. The van der Waals surface area contributed by atoms with Crippen molar-refractivity contribution in [2.45, 2.75) is 26.1 Å². The Balaban J connectivity index is 2.79. The molecule has 0 saturated heterocycles. The third-order valence-electron chi connectivity index (χ3n) is 2.65. The molecule has 0 aliphatic rings. The minimum absolute atomic E-state index is 0.0375. The van der Waals surface area contributed by atoms with Gasteiger partial charge in [0.1, 0.15) is 12.7 Å². The Morgan fingerprint density at radius 3 is 2.32 bits per heavy atom. The van der Waals surface area contributed by atoms with Crippen LogP contribution in [0.5, 0.6) is 11.5 Å². The van der Waals surface area contributed by atoms with Crippen LogP contribution in [-0.4, -0.2) is 31.6 Å². The second-order valence-electron chi connectivity index (χ2n) is 4.88. The Morgan fingerprint density at radius 2 is 1.82 bits per heavy atom. The molecule has 0 radical (unpaired) electrons. The first-order valence-electron chi connectivity index (χ1n) is 6.56. The lowest BCUT2D eigenvalue weighted by atomic mass is 10.1. The van der Waals surface area contributed by atoms with Gasteiger partial charge in [0, 0.05) is 0 Å². The predicted molar refractivity (Wildman–Crippen MR) is 72.8 cm³/mol. The molecule has 0 aliphatic carbocycles. The molecule has 1 atom stereocenters. The summed E-state index contributed by atoms with van der Waals surface area (Å²) >= 11 is 0. The number of ether oxygens (including phenoxy) is 3. The average molecular weight is 321 g/mol. The summed E-state index contributed by atoms with van der Waals surface area (Å²) in [6.45, 7) is 2.10. The largest absolute Gasteiger partial charge is 0.483 e. The molecule has 0 saturated carbocycles. The SMILES string of the molecule is CC(C)C(COC(N)=O)Oc1ccccc1OCC(F)(F)F. The summed E-state index contributed by atoms with van der Waals surface area (Å²) in [5.74, 6) is 0.0399. The van der Waals surface area contributed by atoms with Crippen LogP contribution >= 0.6 is 0 Å². The molecule has 2 N–H and O–H groups in total. The van der Waals surface area contributed by atoms with Gasteiger partial charge < -0.3 is 19.9 Å². The number of primary amides is 1. The van der Waals surface area contributed by atoms with Crippen molar-refractivity contribution in [2.75, 3.05) is 13.2 Å². The number of nitrogens with two attached hydrogens (primary N) is 1. The van der Waals surface area contributed by atoms with E-state index >= 15 is 0 Å². The van der Waals surface area contributed by atoms with Crippen LogP contribution in [0.4, 0.5) is 18.0 Å². The zero-order valence-electron chi connectivity index (χ0n) is 12.2. The van der Waals surface area contributed by atoms with E-state index in [-0.39, 0.29) is 24.0 Å². The van der Waals surface area contributed by atoms with Crippen molar-refractivity contribution in [3.05, 3.63) is 24.3 Å². The van der Waals surface area contributed by atoms with Crippen LogP contribution in [0.25, 0.3) is 0 Å². The number of rotatable bonds is 7. The molecular formula is C14H18F3NO4. The molecule has 0 spiro atoms. The average Bonchev–Trinajstić information content (AvgIpc) is 2.40. The van der Waals surface area contributed by atoms with Gasteiger partial charge in [-0.25, -0.2) is 4.79 Å². The van der Waals surface area contributed by atoms with Crippen molar-refractivity contribution < 1.29 is 32.2 Å². The van der Waals surface area contributed by atoms with E-state index in [9.17, 15) is 18.0 Å². The number of hydrogen-bond donors (Lipinski definition) is 1. The zero-order valence-corrected chi connectivity index (χ0v) is 12.2. The van der Waals surface area contributed by atoms with Crippen molar-refractivity contribution in [3.8, 4) is 11.5 Å². The highest BCUT2D eigenvalue weighted by Gasteiger charge is 2.29. The molecule has 124 valence electrons. The van der Waals surface area contributed by atoms with Crippen LogP contribution in [-0.2, 0) is 4.74 Å². The molecule has 0 aromatic heterocycles. The van der Waals surface area contributed by atoms with Gasteiger partial charge in [0.05, 0.1) is 0 Å². The molecule has 0 heterocycles. The van der Waals surface area contributed by atoms with Crippen molar-refractivity contribution in [3.63, 3.8) is 0 Å². The fourth-order valence-electron chi connectivity index (χ4n) is 1.52. The highest BCUT2D eigenvalue weighted by molar-refractivity contribution is 5.64. The first-order chi connectivity index (χ1) is 10.2. The van der Waals surface area contributed by atoms with Crippen LogP contribution < -0.4 is 15.2 Å². The Labute approximate surface area is 126 Å². The molecule has 0 aliphatic heterocycles. The van der Waals surface area contributed by atoms with Crippen LogP contribution in [0.1, 0.15) is 13.8 Å². The maximum Gasteiger partial charge on any atom is 0.422 e. The van der Waals surface area contributed by atoms with E-state index in [1.165, 1.54) is 18.2 Å². The number of halogens is 3. The highest BCUT2D eigenvalue weighted by Crippen LogP contribution is 2.30. The van der Waals surface area contributed by atoms with Gasteiger partial charge in [0.15, 0.2) is 18.1 Å². The van der Waals surface area contributed by atoms with Crippen molar-refractivity contribution >= 4 is 6.09 Å². The molecule has 1 rings (SSSR count). The minimum Gasteiger partial charge on any atom is -0.483 e. The fraction of sp³-hybridized carbons (Fsp3) is 0.500. The van der Waals surface area contributed by atoms with Crippen LogP contribution in [0.2, 0.25) is 0 Å². The van der Waals surface area contributed by atoms with E-state index in [4.69, 9.17) is 15.2 Å². The Hall–Kier alpha value is -2.12. The molecule has 1 unspecified atom stereocenters. The minimum atomic E-state index is -4.44. The Morgan fingerprint density at radius 1 is 1.23 bits per heavy atom. The molecule has 22 heavy (non-hydrogen) atoms. The molecule has 1 amide bonds. The maximum atomic E-state index is 12.2. The molecule has 0 bridgehead atoms. The second kappa shape index (κ2) is 7.77. The lowest BCUT2D eigenvalue weighted by molar-refractivity contribution is -0.153. The summed E-state index contributed by atoms with van der Waals surface area (Å²) in [5, 5.41) is 0. The van der Waals surface area contributed by atoms with E-state index in [0.717, 1.165) is 0 Å². The van der Waals surface area contributed by atoms with Gasteiger partial charge in [0.2, 0.25) is 0 Å². The van der Waals surface area contributed by atoms with Crippen molar-refractivity contribution in [2.24, 2.45) is 11.7 Å². The monoisotopic (exact) mass is 321 g/mol. The van der Waals surface area contributed by atoms with Gasteiger partial charge in [-0.2, -0.15) is 13.2 Å². The van der Waals surface area contributed by atoms with Crippen molar-refractivity contribution in [1.29, 1.82) is 0 Å². The fourth-order valence-corrected chi connectivity index (χ4v) is 1.52. The van der Waals surface area contributed by atoms with Gasteiger partial charge >= 0.3 is 12.3 Å². The Bertz CT molecular complexity index is 491. The number of carbonyl (C=O) groups excluding carboxylic acids is 1. The van der Waals surface area contributed by atoms with Gasteiger partial charge in [0.25, 0.3) is 0 Å². The zero-order chi connectivity index (χ0) is 16.8. The lowest BCUT2D eigenvalue weighted by Gasteiger charge is -2.23. The first-order valence-corrected chi connectivity index (χ1v) is 6.56. The number of amides is 1. The molecule has 8 heteroatoms. The third kappa shape index (κ3) is 6.55. The quantitative estimate of drug-likeness (QED) is 0.837. The summed E-state index contributed by atoms with van der Waals surface area (Å²) in [6, 6.07) is 5.98. The number of carbonyl (C=O) groups is 1. The van der Waals surface area contributed by atoms with Gasteiger partial charge in [-0.3, -0.25) is 0 Å². The highest BCUT2D eigenvalue weighted by atomic mass is 19.4. The van der Waals surface area contributed by atoms with E-state index in [1.54, 1.807) is 6.07 Å². The smallest absolute Gasteiger partial charge is 0.422 e. The molecule has 1 aromatic rings. The van der Waals surface area contributed by atoms with Crippen LogP contribution in [0.15, 0.2) is 24.3 Å². The van der Waals surface area contributed by atoms with Gasteiger partial charge in [-0.1, -0.05) is 26.0 Å². The summed E-state index contributed by atoms with van der Waals surface area (Å²) < 4.78 is 51.7. The number of benzene rings is 1. The Kier molecular flexibility index (Phi) is 6.33. The molecular weight excluding hydrogens is 303 g/mol. The van der Waals surface area contributed by atoms with Gasteiger partial charge in [-0.05, 0) is 18.1 Å². The number of para-hydroxylation sites is 2. The predicted octanol–water partition coefficient (Wildman–Crippen LogP) is 3.13. The molecule has 5 nitrogen and oxygen atoms in total. The molecule has 1 aromatic carbocycles. The topological polar surface area (TPSA) is 70.8 Å². The number of alkyl halides is 3. The van der Waals surface area contributed by atoms with E-state index < -0.39 is 25.0 Å². The van der Waals surface area contributed by atoms with Crippen LogP contribution in [0, 0.1) is 5.92 Å². The molecule has 0 fully saturated rings. The summed E-state index contributed by atoms with van der Waals surface area (Å²) in [5.41, 5.74) is 4.89. The summed E-state index contributed by atoms with van der Waals surface area (Å²) in [4.78, 5) is 10.7. The van der Waals surface area contributed by atoms with Gasteiger partial charge in [-0.15, -0.1) is 0 Å². The normalized spacial score (nSPS) is 12.8. The second-order valence-corrected chi connectivity index (χ2v) is 4.88. The summed E-state index contributed by atoms with van der Waals surface area (Å²) in [6.07, 6.45) is -5.96. The van der Waals surface area contributed by atoms with E-state index in [1.807, 2.05) is 13.8 Å². The van der Waals surface area contributed by atoms with E-state index in [2.05, 4.69) is 4.74 Å². The maximum absolute atomic E-state index is 12.2.